The molecule has 0 aliphatic heterocycles. The van der Waals surface area contributed by atoms with Gasteiger partial charge in [-0.2, -0.15) is 8.78 Å². The number of halogens is 3. The topological polar surface area (TPSA) is 50.4 Å². The summed E-state index contributed by atoms with van der Waals surface area (Å²) in [6, 6.07) is 11.3. The first-order valence-corrected chi connectivity index (χ1v) is 7.28. The first kappa shape index (κ1) is 17.7. The molecule has 0 aromatic heterocycles. The first-order valence-electron chi connectivity index (χ1n) is 7.28. The van der Waals surface area contributed by atoms with Crippen molar-refractivity contribution in [2.45, 2.75) is 26.1 Å². The third-order valence-electron chi connectivity index (χ3n) is 3.35. The number of hydrogen-bond acceptors (Lipinski definition) is 2. The van der Waals surface area contributed by atoms with Gasteiger partial charge in [-0.05, 0) is 30.7 Å². The number of carbonyl (C=O) groups excluding carboxylic acids is 1. The van der Waals surface area contributed by atoms with Crippen LogP contribution in [0.1, 0.15) is 24.1 Å². The summed E-state index contributed by atoms with van der Waals surface area (Å²) in [5.41, 5.74) is 1.10. The van der Waals surface area contributed by atoms with Crippen LogP contribution >= 0.6 is 0 Å². The van der Waals surface area contributed by atoms with Crippen molar-refractivity contribution in [3.05, 3.63) is 65.5 Å². The number of nitrogens with one attached hydrogen (secondary N) is 2. The van der Waals surface area contributed by atoms with Crippen LogP contribution < -0.4 is 15.4 Å². The molecule has 24 heavy (non-hydrogen) atoms. The summed E-state index contributed by atoms with van der Waals surface area (Å²) in [7, 11) is 0. The van der Waals surface area contributed by atoms with Crippen LogP contribution in [0.25, 0.3) is 0 Å². The largest absolute Gasteiger partial charge is 0.435 e. The highest BCUT2D eigenvalue weighted by Gasteiger charge is 2.11. The van der Waals surface area contributed by atoms with Crippen LogP contribution in [-0.4, -0.2) is 12.6 Å². The molecule has 2 aromatic carbocycles. The van der Waals surface area contributed by atoms with E-state index in [0.717, 1.165) is 5.56 Å². The van der Waals surface area contributed by atoms with E-state index in [2.05, 4.69) is 15.4 Å². The molecule has 2 rings (SSSR count). The Kier molecular flexibility index (Phi) is 6.06. The molecule has 128 valence electrons. The number of urea groups is 1. The van der Waals surface area contributed by atoms with Crippen LogP contribution in [0, 0.1) is 5.82 Å². The number of alkyl halides is 2. The Morgan fingerprint density at radius 1 is 1.12 bits per heavy atom. The summed E-state index contributed by atoms with van der Waals surface area (Å²) in [6.45, 7) is -1.08. The SMILES string of the molecule is CC(NC(=O)NCc1ccccc1F)c1ccc(OC(F)F)cc1. The molecule has 0 fully saturated rings. The van der Waals surface area contributed by atoms with Gasteiger partial charge in [0, 0.05) is 12.1 Å². The van der Waals surface area contributed by atoms with Gasteiger partial charge in [0.2, 0.25) is 0 Å². The first-order chi connectivity index (χ1) is 11.5. The summed E-state index contributed by atoms with van der Waals surface area (Å²) in [6.07, 6.45) is 0. The van der Waals surface area contributed by atoms with Gasteiger partial charge >= 0.3 is 12.6 Å². The predicted octanol–water partition coefficient (Wildman–Crippen LogP) is 3.99. The summed E-state index contributed by atoms with van der Waals surface area (Å²) >= 11 is 0. The third kappa shape index (κ3) is 5.19. The lowest BCUT2D eigenvalue weighted by Gasteiger charge is -2.16. The van der Waals surface area contributed by atoms with Crippen molar-refractivity contribution in [3.8, 4) is 5.75 Å². The van der Waals surface area contributed by atoms with E-state index in [1.165, 1.54) is 18.2 Å². The second kappa shape index (κ2) is 8.24. The monoisotopic (exact) mass is 338 g/mol. The van der Waals surface area contributed by atoms with Crippen LogP contribution in [0.15, 0.2) is 48.5 Å². The average molecular weight is 338 g/mol. The second-order valence-electron chi connectivity index (χ2n) is 5.09. The van der Waals surface area contributed by atoms with Crippen LogP contribution in [0.3, 0.4) is 0 Å². The zero-order valence-corrected chi connectivity index (χ0v) is 12.9. The fourth-order valence-corrected chi connectivity index (χ4v) is 2.09. The minimum atomic E-state index is -2.88. The van der Waals surface area contributed by atoms with Crippen molar-refractivity contribution in [1.29, 1.82) is 0 Å². The lowest BCUT2D eigenvalue weighted by atomic mass is 10.1. The maximum atomic E-state index is 13.5. The highest BCUT2D eigenvalue weighted by Crippen LogP contribution is 2.19. The summed E-state index contributed by atoms with van der Waals surface area (Å²) in [5, 5.41) is 5.25. The van der Waals surface area contributed by atoms with Crippen LogP contribution in [0.5, 0.6) is 5.75 Å². The van der Waals surface area contributed by atoms with Crippen molar-refractivity contribution in [1.82, 2.24) is 10.6 Å². The van der Waals surface area contributed by atoms with Gasteiger partial charge in [-0.1, -0.05) is 30.3 Å². The van der Waals surface area contributed by atoms with Crippen molar-refractivity contribution < 1.29 is 22.7 Å². The summed E-state index contributed by atoms with van der Waals surface area (Å²) < 4.78 is 41.9. The molecular weight excluding hydrogens is 321 g/mol. The van der Waals surface area contributed by atoms with Crippen LogP contribution in [0.4, 0.5) is 18.0 Å². The van der Waals surface area contributed by atoms with E-state index in [0.29, 0.717) is 5.56 Å². The van der Waals surface area contributed by atoms with E-state index in [9.17, 15) is 18.0 Å². The van der Waals surface area contributed by atoms with Gasteiger partial charge in [-0.15, -0.1) is 0 Å². The minimum absolute atomic E-state index is 0.0463. The molecule has 0 saturated heterocycles. The molecule has 0 aliphatic rings. The van der Waals surface area contributed by atoms with Gasteiger partial charge < -0.3 is 15.4 Å². The van der Waals surface area contributed by atoms with Crippen molar-refractivity contribution >= 4 is 6.03 Å². The molecule has 2 N–H and O–H groups in total. The summed E-state index contributed by atoms with van der Waals surface area (Å²) in [4.78, 5) is 11.9. The summed E-state index contributed by atoms with van der Waals surface area (Å²) in [5.74, 6) is -0.342. The van der Waals surface area contributed by atoms with Gasteiger partial charge in [0.15, 0.2) is 0 Å². The molecule has 0 bridgehead atoms. The minimum Gasteiger partial charge on any atom is -0.435 e. The van der Waals surface area contributed by atoms with Gasteiger partial charge in [0.05, 0.1) is 6.04 Å². The van der Waals surface area contributed by atoms with E-state index in [4.69, 9.17) is 0 Å². The number of ether oxygens (including phenoxy) is 1. The molecule has 0 spiro atoms. The van der Waals surface area contributed by atoms with E-state index < -0.39 is 12.6 Å². The van der Waals surface area contributed by atoms with Gasteiger partial charge in [-0.3, -0.25) is 0 Å². The van der Waals surface area contributed by atoms with Crippen molar-refractivity contribution in [3.63, 3.8) is 0 Å². The Balaban J connectivity index is 1.86. The Morgan fingerprint density at radius 3 is 2.42 bits per heavy atom. The highest BCUT2D eigenvalue weighted by atomic mass is 19.3. The number of carbonyl (C=O) groups is 1. The van der Waals surface area contributed by atoms with Gasteiger partial charge in [-0.25, -0.2) is 9.18 Å². The normalized spacial score (nSPS) is 11.9. The van der Waals surface area contributed by atoms with E-state index in [1.54, 1.807) is 37.3 Å². The molecule has 0 saturated carbocycles. The number of hydrogen-bond donors (Lipinski definition) is 2. The number of amides is 2. The van der Waals surface area contributed by atoms with Crippen molar-refractivity contribution in [2.75, 3.05) is 0 Å². The zero-order chi connectivity index (χ0) is 17.5. The number of rotatable bonds is 6. The van der Waals surface area contributed by atoms with E-state index in [-0.39, 0.29) is 24.2 Å². The third-order valence-corrected chi connectivity index (χ3v) is 3.35. The number of benzene rings is 2. The molecule has 2 amide bonds. The lowest BCUT2D eigenvalue weighted by Crippen LogP contribution is -2.36. The Bertz CT molecular complexity index is 678. The van der Waals surface area contributed by atoms with Crippen LogP contribution in [0.2, 0.25) is 0 Å². The van der Waals surface area contributed by atoms with Crippen molar-refractivity contribution in [2.24, 2.45) is 0 Å². The van der Waals surface area contributed by atoms with Gasteiger partial charge in [0.1, 0.15) is 11.6 Å². The second-order valence-corrected chi connectivity index (χ2v) is 5.09. The van der Waals surface area contributed by atoms with Crippen LogP contribution in [-0.2, 0) is 6.54 Å². The standard InChI is InChI=1S/C17H17F3N2O2/c1-11(12-6-8-14(9-7-12)24-16(19)20)22-17(23)21-10-13-4-2-3-5-15(13)18/h2-9,11,16H,10H2,1H3,(H2,21,22,23). The smallest absolute Gasteiger partial charge is 0.387 e. The Labute approximate surface area is 137 Å². The molecule has 4 nitrogen and oxygen atoms in total. The maximum Gasteiger partial charge on any atom is 0.387 e. The molecule has 1 atom stereocenters. The molecular formula is C17H17F3N2O2. The molecule has 0 radical (unpaired) electrons. The molecule has 0 aliphatic carbocycles. The maximum absolute atomic E-state index is 13.5. The predicted molar refractivity (Wildman–Crippen MR) is 83.3 cm³/mol. The molecule has 0 heterocycles. The highest BCUT2D eigenvalue weighted by molar-refractivity contribution is 5.74. The Morgan fingerprint density at radius 2 is 1.79 bits per heavy atom. The van der Waals surface area contributed by atoms with E-state index in [1.807, 2.05) is 0 Å². The van der Waals surface area contributed by atoms with E-state index >= 15 is 0 Å². The fourth-order valence-electron chi connectivity index (χ4n) is 2.09. The fraction of sp³-hybridized carbons (Fsp3) is 0.235. The quantitative estimate of drug-likeness (QED) is 0.837. The molecule has 2 aromatic rings. The lowest BCUT2D eigenvalue weighted by molar-refractivity contribution is -0.0498. The average Bonchev–Trinajstić information content (AvgIpc) is 2.54. The molecule has 1 unspecified atom stereocenters. The Hall–Kier alpha value is -2.70. The van der Waals surface area contributed by atoms with Gasteiger partial charge in [0.25, 0.3) is 0 Å². The molecule has 7 heteroatoms. The zero-order valence-electron chi connectivity index (χ0n) is 12.9.